The fourth-order valence-corrected chi connectivity index (χ4v) is 5.51. The molecule has 144 valence electrons. The lowest BCUT2D eigenvalue weighted by atomic mass is 9.93. The smallest absolute Gasteiger partial charge is 0.243 e. The van der Waals surface area contributed by atoms with Crippen LogP contribution in [-0.4, -0.2) is 49.7 Å². The van der Waals surface area contributed by atoms with Crippen molar-refractivity contribution in [2.24, 2.45) is 11.8 Å². The normalized spacial score (nSPS) is 23.2. The zero-order valence-electron chi connectivity index (χ0n) is 15.9. The summed E-state index contributed by atoms with van der Waals surface area (Å²) in [4.78, 5) is 15.1. The second-order valence-electron chi connectivity index (χ2n) is 7.71. The van der Waals surface area contributed by atoms with Gasteiger partial charge in [-0.25, -0.2) is 8.42 Å². The summed E-state index contributed by atoms with van der Waals surface area (Å²) in [5.41, 5.74) is 1.13. The van der Waals surface area contributed by atoms with Crippen molar-refractivity contribution in [3.05, 3.63) is 29.8 Å². The number of benzene rings is 1. The number of likely N-dealkylation sites (tertiary alicyclic amines) is 1. The highest BCUT2D eigenvalue weighted by Gasteiger charge is 2.34. The Labute approximate surface area is 157 Å². The molecule has 0 saturated carbocycles. The molecule has 0 aliphatic carbocycles. The Morgan fingerprint density at radius 1 is 1.08 bits per heavy atom. The van der Waals surface area contributed by atoms with Crippen molar-refractivity contribution >= 4 is 15.9 Å². The number of aryl methyl sites for hydroxylation is 1. The van der Waals surface area contributed by atoms with Gasteiger partial charge in [0.05, 0.1) is 4.90 Å². The van der Waals surface area contributed by atoms with Crippen LogP contribution in [0.5, 0.6) is 0 Å². The average molecular weight is 379 g/mol. The minimum atomic E-state index is -3.46. The van der Waals surface area contributed by atoms with Crippen LogP contribution in [0.15, 0.2) is 29.2 Å². The van der Waals surface area contributed by atoms with E-state index in [9.17, 15) is 13.2 Å². The number of sulfonamides is 1. The SMILES string of the molecule is CCc1ccc(S(=O)(=O)N2CCC(C(=O)N3CCCC(C)C3)CC2)cc1. The molecule has 0 spiro atoms. The molecule has 2 aliphatic rings. The van der Waals surface area contributed by atoms with E-state index in [0.717, 1.165) is 31.5 Å². The first-order valence-electron chi connectivity index (χ1n) is 9.79. The summed E-state index contributed by atoms with van der Waals surface area (Å²) in [5, 5.41) is 0. The van der Waals surface area contributed by atoms with Gasteiger partial charge in [-0.05, 0) is 55.7 Å². The Balaban J connectivity index is 1.61. The van der Waals surface area contributed by atoms with Gasteiger partial charge in [-0.1, -0.05) is 26.0 Å². The summed E-state index contributed by atoms with van der Waals surface area (Å²) in [6, 6.07) is 7.14. The molecule has 1 aromatic carbocycles. The van der Waals surface area contributed by atoms with Gasteiger partial charge in [0.15, 0.2) is 0 Å². The lowest BCUT2D eigenvalue weighted by Crippen LogP contribution is -2.46. The summed E-state index contributed by atoms with van der Waals surface area (Å²) >= 11 is 0. The number of nitrogens with zero attached hydrogens (tertiary/aromatic N) is 2. The fourth-order valence-electron chi connectivity index (χ4n) is 4.04. The molecular formula is C20H30N2O3S. The van der Waals surface area contributed by atoms with Gasteiger partial charge < -0.3 is 4.90 Å². The van der Waals surface area contributed by atoms with Crippen molar-refractivity contribution in [1.82, 2.24) is 9.21 Å². The van der Waals surface area contributed by atoms with Crippen LogP contribution in [0.4, 0.5) is 0 Å². The van der Waals surface area contributed by atoms with Crippen LogP contribution in [0.25, 0.3) is 0 Å². The fraction of sp³-hybridized carbons (Fsp3) is 0.650. The van der Waals surface area contributed by atoms with E-state index in [1.165, 1.54) is 10.7 Å². The third kappa shape index (κ3) is 4.12. The standard InChI is InChI=1S/C20H30N2O3S/c1-3-17-6-8-19(9-7-17)26(24,25)22-13-10-18(11-14-22)20(23)21-12-4-5-16(2)15-21/h6-9,16,18H,3-5,10-15H2,1-2H3. The van der Waals surface area contributed by atoms with Gasteiger partial charge in [-0.3, -0.25) is 4.79 Å². The molecule has 1 atom stereocenters. The van der Waals surface area contributed by atoms with Crippen molar-refractivity contribution in [1.29, 1.82) is 0 Å². The van der Waals surface area contributed by atoms with Gasteiger partial charge in [-0.2, -0.15) is 4.31 Å². The number of rotatable bonds is 4. The zero-order valence-corrected chi connectivity index (χ0v) is 16.7. The zero-order chi connectivity index (χ0) is 18.7. The van der Waals surface area contributed by atoms with E-state index in [2.05, 4.69) is 6.92 Å². The minimum absolute atomic E-state index is 0.0331. The molecule has 2 heterocycles. The second-order valence-corrected chi connectivity index (χ2v) is 9.65. The molecule has 1 unspecified atom stereocenters. The molecule has 1 amide bonds. The molecule has 26 heavy (non-hydrogen) atoms. The molecule has 0 N–H and O–H groups in total. The van der Waals surface area contributed by atoms with Gasteiger partial charge in [0.25, 0.3) is 0 Å². The highest BCUT2D eigenvalue weighted by atomic mass is 32.2. The van der Waals surface area contributed by atoms with Crippen LogP contribution < -0.4 is 0 Å². The van der Waals surface area contributed by atoms with E-state index in [0.29, 0.717) is 36.7 Å². The first kappa shape index (κ1) is 19.4. The van der Waals surface area contributed by atoms with Crippen LogP contribution in [0.3, 0.4) is 0 Å². The van der Waals surface area contributed by atoms with Crippen molar-refractivity contribution in [3.8, 4) is 0 Å². The van der Waals surface area contributed by atoms with Crippen LogP contribution in [-0.2, 0) is 21.2 Å². The summed E-state index contributed by atoms with van der Waals surface area (Å²) in [6.07, 6.45) is 4.40. The lowest BCUT2D eigenvalue weighted by Gasteiger charge is -2.36. The first-order chi connectivity index (χ1) is 12.4. The molecule has 2 aliphatic heterocycles. The lowest BCUT2D eigenvalue weighted by molar-refractivity contribution is -0.138. The summed E-state index contributed by atoms with van der Waals surface area (Å²) < 4.78 is 27.2. The maximum absolute atomic E-state index is 12.8. The number of hydrogen-bond acceptors (Lipinski definition) is 3. The van der Waals surface area contributed by atoms with E-state index in [1.54, 1.807) is 12.1 Å². The van der Waals surface area contributed by atoms with Crippen LogP contribution in [0.1, 0.15) is 45.1 Å². The van der Waals surface area contributed by atoms with E-state index in [-0.39, 0.29) is 11.8 Å². The maximum Gasteiger partial charge on any atom is 0.243 e. The van der Waals surface area contributed by atoms with Gasteiger partial charge in [-0.15, -0.1) is 0 Å². The Morgan fingerprint density at radius 3 is 2.31 bits per heavy atom. The molecule has 2 saturated heterocycles. The Hall–Kier alpha value is -1.40. The third-order valence-corrected chi connectivity index (χ3v) is 7.65. The number of carbonyl (C=O) groups excluding carboxylic acids is 1. The summed E-state index contributed by atoms with van der Waals surface area (Å²) in [5.74, 6) is 0.759. The molecule has 3 rings (SSSR count). The molecule has 0 bridgehead atoms. The van der Waals surface area contributed by atoms with E-state index >= 15 is 0 Å². The second kappa shape index (κ2) is 8.09. The molecular weight excluding hydrogens is 348 g/mol. The van der Waals surface area contributed by atoms with Gasteiger partial charge in [0, 0.05) is 32.1 Å². The van der Waals surface area contributed by atoms with Crippen molar-refractivity contribution in [2.45, 2.75) is 50.8 Å². The quantitative estimate of drug-likeness (QED) is 0.809. The molecule has 5 nitrogen and oxygen atoms in total. The summed E-state index contributed by atoms with van der Waals surface area (Å²) in [6.45, 7) is 6.80. The molecule has 0 radical (unpaired) electrons. The Bertz CT molecular complexity index is 722. The highest BCUT2D eigenvalue weighted by Crippen LogP contribution is 2.27. The topological polar surface area (TPSA) is 57.7 Å². The van der Waals surface area contributed by atoms with Crippen LogP contribution >= 0.6 is 0 Å². The van der Waals surface area contributed by atoms with Crippen LogP contribution in [0.2, 0.25) is 0 Å². The van der Waals surface area contributed by atoms with E-state index in [4.69, 9.17) is 0 Å². The van der Waals surface area contributed by atoms with E-state index in [1.807, 2.05) is 24.0 Å². The average Bonchev–Trinajstić information content (AvgIpc) is 2.67. The van der Waals surface area contributed by atoms with Crippen LogP contribution in [0, 0.1) is 11.8 Å². The first-order valence-corrected chi connectivity index (χ1v) is 11.2. The number of carbonyl (C=O) groups is 1. The monoisotopic (exact) mass is 378 g/mol. The third-order valence-electron chi connectivity index (χ3n) is 5.74. The predicted octanol–water partition coefficient (Wildman–Crippen LogP) is 2.91. The minimum Gasteiger partial charge on any atom is -0.342 e. The van der Waals surface area contributed by atoms with Crippen molar-refractivity contribution in [3.63, 3.8) is 0 Å². The summed E-state index contributed by atoms with van der Waals surface area (Å²) in [7, 11) is -3.46. The van der Waals surface area contributed by atoms with E-state index < -0.39 is 10.0 Å². The Morgan fingerprint density at radius 2 is 1.73 bits per heavy atom. The largest absolute Gasteiger partial charge is 0.342 e. The number of piperidine rings is 2. The van der Waals surface area contributed by atoms with Crippen molar-refractivity contribution < 1.29 is 13.2 Å². The molecule has 1 aromatic rings. The van der Waals surface area contributed by atoms with Gasteiger partial charge >= 0.3 is 0 Å². The Kier molecular flexibility index (Phi) is 6.03. The van der Waals surface area contributed by atoms with Gasteiger partial charge in [0.1, 0.15) is 0 Å². The molecule has 6 heteroatoms. The molecule has 0 aromatic heterocycles. The molecule has 2 fully saturated rings. The maximum atomic E-state index is 12.8. The predicted molar refractivity (Wildman–Crippen MR) is 102 cm³/mol. The number of amides is 1. The highest BCUT2D eigenvalue weighted by molar-refractivity contribution is 7.89. The van der Waals surface area contributed by atoms with Crippen molar-refractivity contribution in [2.75, 3.05) is 26.2 Å². The van der Waals surface area contributed by atoms with Gasteiger partial charge in [0.2, 0.25) is 15.9 Å². The number of hydrogen-bond donors (Lipinski definition) is 0.